The van der Waals surface area contributed by atoms with Crippen LogP contribution in [-0.2, 0) is 33.3 Å². The molecule has 6 unspecified atom stereocenters. The summed E-state index contributed by atoms with van der Waals surface area (Å²) in [5.41, 5.74) is 0. The van der Waals surface area contributed by atoms with Crippen LogP contribution in [-0.4, -0.2) is 88.4 Å². The van der Waals surface area contributed by atoms with E-state index in [0.29, 0.717) is 12.8 Å². The average Bonchev–Trinajstić information content (AvgIpc) is 3.27. The highest BCUT2D eigenvalue weighted by molar-refractivity contribution is 5.73. The highest BCUT2D eigenvalue weighted by Gasteiger charge is 2.47. The van der Waals surface area contributed by atoms with Gasteiger partial charge in [0, 0.05) is 12.8 Å². The van der Waals surface area contributed by atoms with Crippen molar-refractivity contribution in [3.8, 4) is 0 Å². The summed E-state index contributed by atoms with van der Waals surface area (Å²) in [5.74, 6) is -2.45. The van der Waals surface area contributed by atoms with Gasteiger partial charge in [-0.05, 0) is 44.9 Å². The molecule has 1 fully saturated rings. The van der Waals surface area contributed by atoms with Crippen molar-refractivity contribution in [2.75, 3.05) is 13.2 Å². The number of carbonyl (C=O) groups is 3. The number of aliphatic carboxylic acids is 1. The van der Waals surface area contributed by atoms with Gasteiger partial charge in [0.1, 0.15) is 24.9 Å². The second kappa shape index (κ2) is 42.3. The van der Waals surface area contributed by atoms with Crippen molar-refractivity contribution in [3.05, 3.63) is 24.3 Å². The van der Waals surface area contributed by atoms with Crippen molar-refractivity contribution < 1.29 is 53.8 Å². The Hall–Kier alpha value is -2.31. The van der Waals surface area contributed by atoms with Crippen LogP contribution in [0.5, 0.6) is 0 Å². The molecule has 1 aliphatic heterocycles. The van der Waals surface area contributed by atoms with E-state index in [4.69, 9.17) is 18.9 Å². The molecule has 1 heterocycles. The Bertz CT molecular complexity index is 1140. The van der Waals surface area contributed by atoms with Gasteiger partial charge >= 0.3 is 17.9 Å². The number of ether oxygens (including phenoxy) is 4. The fraction of sp³-hybridized carbons (Fsp3) is 0.865. The summed E-state index contributed by atoms with van der Waals surface area (Å²) in [5, 5.41) is 39.9. The number of hydrogen-bond acceptors (Lipinski definition) is 10. The van der Waals surface area contributed by atoms with Gasteiger partial charge in [-0.25, -0.2) is 4.79 Å². The molecule has 0 radical (unpaired) electrons. The minimum atomic E-state index is -1.86. The van der Waals surface area contributed by atoms with Crippen LogP contribution in [0.2, 0.25) is 0 Å². The van der Waals surface area contributed by atoms with Crippen LogP contribution >= 0.6 is 0 Å². The molecule has 11 nitrogen and oxygen atoms in total. The van der Waals surface area contributed by atoms with Gasteiger partial charge in [-0.2, -0.15) is 0 Å². The van der Waals surface area contributed by atoms with Crippen molar-refractivity contribution in [1.29, 1.82) is 0 Å². The number of hydrogen-bond donors (Lipinski definition) is 4. The summed E-state index contributed by atoms with van der Waals surface area (Å²) in [7, 11) is 0. The molecular weight excluding hydrogens is 801 g/mol. The predicted octanol–water partition coefficient (Wildman–Crippen LogP) is 12.2. The first-order valence-corrected chi connectivity index (χ1v) is 25.9. The predicted molar refractivity (Wildman–Crippen MR) is 252 cm³/mol. The monoisotopic (exact) mass is 895 g/mol. The van der Waals surface area contributed by atoms with Gasteiger partial charge in [-0.3, -0.25) is 9.59 Å². The molecule has 0 aromatic rings. The van der Waals surface area contributed by atoms with Crippen LogP contribution in [0.15, 0.2) is 24.3 Å². The lowest BCUT2D eigenvalue weighted by molar-refractivity contribution is -0.298. The zero-order valence-corrected chi connectivity index (χ0v) is 40.1. The van der Waals surface area contributed by atoms with Crippen molar-refractivity contribution in [3.63, 3.8) is 0 Å². The van der Waals surface area contributed by atoms with Crippen LogP contribution in [0.1, 0.15) is 239 Å². The third kappa shape index (κ3) is 33.8. The molecule has 4 N–H and O–H groups in total. The summed E-state index contributed by atoms with van der Waals surface area (Å²) in [4.78, 5) is 37.0. The van der Waals surface area contributed by atoms with Crippen molar-refractivity contribution in [2.45, 2.75) is 275 Å². The van der Waals surface area contributed by atoms with Crippen LogP contribution in [0.25, 0.3) is 0 Å². The van der Waals surface area contributed by atoms with Gasteiger partial charge < -0.3 is 39.4 Å². The molecule has 1 rings (SSSR count). The Morgan fingerprint density at radius 1 is 0.492 bits per heavy atom. The number of carboxylic acid groups (broad SMARTS) is 1. The van der Waals surface area contributed by atoms with Crippen LogP contribution in [0.4, 0.5) is 0 Å². The highest BCUT2D eigenvalue weighted by atomic mass is 16.7. The Kier molecular flexibility index (Phi) is 39.4. The second-order valence-electron chi connectivity index (χ2n) is 18.0. The maximum Gasteiger partial charge on any atom is 0.335 e. The SMILES string of the molecule is CCCCC/C=C\C/C=C\CCCCCCCC(=O)OCC(COC1OC(C(=O)O)C(O)C(O)C1O)OC(=O)CCCCCCCCCCCCCCCCCCCCCCCC. The Morgan fingerprint density at radius 2 is 0.889 bits per heavy atom. The molecule has 0 spiro atoms. The van der Waals surface area contributed by atoms with E-state index in [0.717, 1.165) is 64.2 Å². The lowest BCUT2D eigenvalue weighted by Crippen LogP contribution is -2.60. The van der Waals surface area contributed by atoms with Gasteiger partial charge in [-0.1, -0.05) is 205 Å². The quantitative estimate of drug-likeness (QED) is 0.0261. The second-order valence-corrected chi connectivity index (χ2v) is 18.0. The molecule has 1 saturated heterocycles. The van der Waals surface area contributed by atoms with E-state index in [1.807, 2.05) is 0 Å². The molecule has 63 heavy (non-hydrogen) atoms. The summed E-state index contributed by atoms with van der Waals surface area (Å²) in [6.45, 7) is 3.81. The molecule has 0 saturated carbocycles. The number of carboxylic acids is 1. The third-order valence-corrected chi connectivity index (χ3v) is 12.1. The Balaban J connectivity index is 2.28. The zero-order chi connectivity index (χ0) is 46.0. The molecule has 1 aliphatic rings. The summed E-state index contributed by atoms with van der Waals surface area (Å²) in [6, 6.07) is 0. The standard InChI is InChI=1S/C52H94O11/c1-3-5-7-9-11-13-15-17-19-20-21-22-23-24-25-27-29-31-33-35-37-39-41-46(54)62-44(43-61-52-49(57)47(55)48(56)50(63-52)51(58)59)42-60-45(53)40-38-36-34-32-30-28-26-18-16-14-12-10-8-6-4-2/h12,14,18,26,44,47-50,52,55-57H,3-11,13,15-17,19-25,27-43H2,1-2H3,(H,58,59)/b14-12-,26-18-. The fourth-order valence-electron chi connectivity index (χ4n) is 7.97. The lowest BCUT2D eigenvalue weighted by Gasteiger charge is -2.38. The van der Waals surface area contributed by atoms with Crippen LogP contribution in [0, 0.1) is 0 Å². The lowest BCUT2D eigenvalue weighted by atomic mass is 9.99. The molecule has 0 aromatic heterocycles. The van der Waals surface area contributed by atoms with Gasteiger partial charge in [0.15, 0.2) is 18.5 Å². The number of aliphatic hydroxyl groups is 3. The number of esters is 2. The largest absolute Gasteiger partial charge is 0.479 e. The van der Waals surface area contributed by atoms with E-state index < -0.39 is 54.7 Å². The van der Waals surface area contributed by atoms with Gasteiger partial charge in [0.05, 0.1) is 6.61 Å². The smallest absolute Gasteiger partial charge is 0.335 e. The van der Waals surface area contributed by atoms with E-state index in [2.05, 4.69) is 38.2 Å². The van der Waals surface area contributed by atoms with Gasteiger partial charge in [0.2, 0.25) is 0 Å². The minimum absolute atomic E-state index is 0.185. The fourth-order valence-corrected chi connectivity index (χ4v) is 7.97. The number of allylic oxidation sites excluding steroid dienone is 4. The molecule has 368 valence electrons. The highest BCUT2D eigenvalue weighted by Crippen LogP contribution is 2.23. The number of aliphatic hydroxyl groups excluding tert-OH is 3. The van der Waals surface area contributed by atoms with Gasteiger partial charge in [0.25, 0.3) is 0 Å². The molecule has 0 aliphatic carbocycles. The third-order valence-electron chi connectivity index (χ3n) is 12.1. The maximum atomic E-state index is 12.8. The molecule has 0 bridgehead atoms. The molecule has 0 amide bonds. The van der Waals surface area contributed by atoms with Crippen molar-refractivity contribution in [2.24, 2.45) is 0 Å². The summed E-state index contributed by atoms with van der Waals surface area (Å²) in [6.07, 6.45) is 39.5. The van der Waals surface area contributed by atoms with E-state index in [-0.39, 0.29) is 26.1 Å². The van der Waals surface area contributed by atoms with Crippen molar-refractivity contribution >= 4 is 17.9 Å². The topological polar surface area (TPSA) is 169 Å². The van der Waals surface area contributed by atoms with Crippen LogP contribution < -0.4 is 0 Å². The average molecular weight is 895 g/mol. The first-order chi connectivity index (χ1) is 30.7. The first-order valence-electron chi connectivity index (χ1n) is 25.9. The Labute approximate surface area is 383 Å². The van der Waals surface area contributed by atoms with Gasteiger partial charge in [-0.15, -0.1) is 0 Å². The van der Waals surface area contributed by atoms with E-state index in [9.17, 15) is 34.8 Å². The summed E-state index contributed by atoms with van der Waals surface area (Å²) >= 11 is 0. The normalized spacial score (nSPS) is 19.5. The minimum Gasteiger partial charge on any atom is -0.479 e. The molecule has 6 atom stereocenters. The number of unbranched alkanes of at least 4 members (excludes halogenated alkanes) is 29. The molecule has 0 aromatic carbocycles. The molecular formula is C52H94O11. The number of rotatable bonds is 44. The Morgan fingerprint density at radius 3 is 1.35 bits per heavy atom. The van der Waals surface area contributed by atoms with E-state index >= 15 is 0 Å². The summed E-state index contributed by atoms with van der Waals surface area (Å²) < 4.78 is 21.8. The number of carbonyl (C=O) groups excluding carboxylic acids is 2. The van der Waals surface area contributed by atoms with Crippen LogP contribution in [0.3, 0.4) is 0 Å². The first kappa shape index (κ1) is 58.7. The van der Waals surface area contributed by atoms with E-state index in [1.54, 1.807) is 0 Å². The van der Waals surface area contributed by atoms with E-state index in [1.165, 1.54) is 135 Å². The zero-order valence-electron chi connectivity index (χ0n) is 40.1. The molecule has 11 heteroatoms. The van der Waals surface area contributed by atoms with Crippen molar-refractivity contribution in [1.82, 2.24) is 0 Å². The maximum absolute atomic E-state index is 12.8.